The van der Waals surface area contributed by atoms with Gasteiger partial charge in [-0.15, -0.1) is 11.3 Å². The SMILES string of the molecule is Cc1csc(C(C)Nc2cc3ccccc3c(=O)[nH]2)n1. The van der Waals surface area contributed by atoms with Crippen LogP contribution in [0.4, 0.5) is 5.82 Å². The molecule has 0 spiro atoms. The molecule has 2 aromatic heterocycles. The van der Waals surface area contributed by atoms with Gasteiger partial charge in [-0.2, -0.15) is 0 Å². The Kier molecular flexibility index (Phi) is 3.28. The first-order valence-electron chi connectivity index (χ1n) is 6.44. The van der Waals surface area contributed by atoms with Crippen LogP contribution in [0, 0.1) is 6.92 Å². The van der Waals surface area contributed by atoms with E-state index in [2.05, 4.69) is 15.3 Å². The number of anilines is 1. The maximum atomic E-state index is 12.0. The van der Waals surface area contributed by atoms with Gasteiger partial charge in [-0.05, 0) is 31.4 Å². The Morgan fingerprint density at radius 1 is 1.35 bits per heavy atom. The van der Waals surface area contributed by atoms with Crippen molar-refractivity contribution in [3.05, 3.63) is 56.8 Å². The van der Waals surface area contributed by atoms with Gasteiger partial charge in [-0.25, -0.2) is 4.98 Å². The van der Waals surface area contributed by atoms with Gasteiger partial charge in [0.2, 0.25) is 0 Å². The van der Waals surface area contributed by atoms with Crippen LogP contribution in [0.5, 0.6) is 0 Å². The average molecular weight is 285 g/mol. The number of hydrogen-bond acceptors (Lipinski definition) is 4. The maximum absolute atomic E-state index is 12.0. The molecule has 3 rings (SSSR count). The van der Waals surface area contributed by atoms with Crippen LogP contribution in [0.1, 0.15) is 23.7 Å². The van der Waals surface area contributed by atoms with Crippen molar-refractivity contribution in [2.24, 2.45) is 0 Å². The van der Waals surface area contributed by atoms with E-state index in [1.165, 1.54) is 0 Å². The number of nitrogens with one attached hydrogen (secondary N) is 2. The van der Waals surface area contributed by atoms with E-state index in [1.54, 1.807) is 11.3 Å². The molecule has 0 amide bonds. The lowest BCUT2D eigenvalue weighted by molar-refractivity contribution is 0.855. The van der Waals surface area contributed by atoms with Crippen molar-refractivity contribution < 1.29 is 0 Å². The average Bonchev–Trinajstić information content (AvgIpc) is 2.86. The van der Waals surface area contributed by atoms with Crippen LogP contribution in [0.25, 0.3) is 10.8 Å². The summed E-state index contributed by atoms with van der Waals surface area (Å²) in [6.45, 7) is 4.01. The highest BCUT2D eigenvalue weighted by molar-refractivity contribution is 7.09. The van der Waals surface area contributed by atoms with E-state index in [0.717, 1.165) is 16.1 Å². The third kappa shape index (κ3) is 2.44. The lowest BCUT2D eigenvalue weighted by Crippen LogP contribution is -2.13. The van der Waals surface area contributed by atoms with Gasteiger partial charge < -0.3 is 10.3 Å². The van der Waals surface area contributed by atoms with Gasteiger partial charge in [0.1, 0.15) is 10.8 Å². The number of benzene rings is 1. The highest BCUT2D eigenvalue weighted by Gasteiger charge is 2.10. The molecule has 20 heavy (non-hydrogen) atoms. The van der Waals surface area contributed by atoms with Crippen molar-refractivity contribution in [2.75, 3.05) is 5.32 Å². The first kappa shape index (κ1) is 12.9. The Morgan fingerprint density at radius 3 is 2.90 bits per heavy atom. The van der Waals surface area contributed by atoms with Gasteiger partial charge in [0.05, 0.1) is 6.04 Å². The zero-order chi connectivity index (χ0) is 14.1. The molecule has 0 saturated heterocycles. The highest BCUT2D eigenvalue weighted by Crippen LogP contribution is 2.22. The quantitative estimate of drug-likeness (QED) is 0.774. The largest absolute Gasteiger partial charge is 0.363 e. The van der Waals surface area contributed by atoms with Gasteiger partial charge in [0.15, 0.2) is 0 Å². The van der Waals surface area contributed by atoms with Crippen molar-refractivity contribution in [1.29, 1.82) is 0 Å². The summed E-state index contributed by atoms with van der Waals surface area (Å²) >= 11 is 1.62. The van der Waals surface area contributed by atoms with Crippen molar-refractivity contribution in [3.8, 4) is 0 Å². The Hall–Kier alpha value is -2.14. The second-order valence-electron chi connectivity index (χ2n) is 4.79. The van der Waals surface area contributed by atoms with Crippen LogP contribution in [-0.2, 0) is 0 Å². The van der Waals surface area contributed by atoms with E-state index in [0.29, 0.717) is 11.2 Å². The summed E-state index contributed by atoms with van der Waals surface area (Å²) in [6.07, 6.45) is 0. The summed E-state index contributed by atoms with van der Waals surface area (Å²) in [6, 6.07) is 9.57. The van der Waals surface area contributed by atoms with Crippen LogP contribution < -0.4 is 10.9 Å². The number of thiazole rings is 1. The van der Waals surface area contributed by atoms with Crippen LogP contribution in [0.15, 0.2) is 40.5 Å². The number of aromatic nitrogens is 2. The third-order valence-corrected chi connectivity index (χ3v) is 4.28. The molecule has 0 aliphatic carbocycles. The van der Waals surface area contributed by atoms with Gasteiger partial charge in [-0.1, -0.05) is 18.2 Å². The van der Waals surface area contributed by atoms with E-state index >= 15 is 0 Å². The summed E-state index contributed by atoms with van der Waals surface area (Å²) in [5.41, 5.74) is 0.943. The molecule has 1 unspecified atom stereocenters. The monoisotopic (exact) mass is 285 g/mol. The lowest BCUT2D eigenvalue weighted by atomic mass is 10.2. The number of fused-ring (bicyclic) bond motifs is 1. The molecule has 5 heteroatoms. The molecule has 0 fully saturated rings. The van der Waals surface area contributed by atoms with Crippen molar-refractivity contribution >= 4 is 27.9 Å². The normalized spacial score (nSPS) is 12.5. The fraction of sp³-hybridized carbons (Fsp3) is 0.200. The van der Waals surface area contributed by atoms with E-state index in [4.69, 9.17) is 0 Å². The highest BCUT2D eigenvalue weighted by atomic mass is 32.1. The van der Waals surface area contributed by atoms with Crippen LogP contribution in [0.3, 0.4) is 0 Å². The molecular weight excluding hydrogens is 270 g/mol. The molecule has 3 aromatic rings. The minimum Gasteiger partial charge on any atom is -0.363 e. The number of aromatic amines is 1. The van der Waals surface area contributed by atoms with Gasteiger partial charge in [0, 0.05) is 16.5 Å². The van der Waals surface area contributed by atoms with Crippen molar-refractivity contribution in [1.82, 2.24) is 9.97 Å². The number of nitrogens with zero attached hydrogens (tertiary/aromatic N) is 1. The summed E-state index contributed by atoms with van der Waals surface area (Å²) in [7, 11) is 0. The number of aryl methyl sites for hydroxylation is 1. The number of H-pyrrole nitrogens is 1. The summed E-state index contributed by atoms with van der Waals surface area (Å²) < 4.78 is 0. The van der Waals surface area contributed by atoms with Gasteiger partial charge in [0.25, 0.3) is 5.56 Å². The maximum Gasteiger partial charge on any atom is 0.257 e. The summed E-state index contributed by atoms with van der Waals surface area (Å²) in [5.74, 6) is 0.717. The molecule has 102 valence electrons. The van der Waals surface area contributed by atoms with Gasteiger partial charge >= 0.3 is 0 Å². The first-order valence-corrected chi connectivity index (χ1v) is 7.32. The number of pyridine rings is 1. The molecule has 0 saturated carbocycles. The topological polar surface area (TPSA) is 57.8 Å². The van der Waals surface area contributed by atoms with E-state index in [-0.39, 0.29) is 11.6 Å². The smallest absolute Gasteiger partial charge is 0.257 e. The molecule has 4 nitrogen and oxygen atoms in total. The van der Waals surface area contributed by atoms with Crippen LogP contribution in [-0.4, -0.2) is 9.97 Å². The number of hydrogen-bond donors (Lipinski definition) is 2. The lowest BCUT2D eigenvalue weighted by Gasteiger charge is -2.13. The minimum atomic E-state index is -0.0758. The zero-order valence-corrected chi connectivity index (χ0v) is 12.1. The first-order chi connectivity index (χ1) is 9.63. The van der Waals surface area contributed by atoms with Crippen molar-refractivity contribution in [2.45, 2.75) is 19.9 Å². The second kappa shape index (κ2) is 5.09. The van der Waals surface area contributed by atoms with E-state index < -0.39 is 0 Å². The molecule has 0 aliphatic heterocycles. The predicted octanol–water partition coefficient (Wildman–Crippen LogP) is 3.47. The van der Waals surface area contributed by atoms with Gasteiger partial charge in [-0.3, -0.25) is 4.79 Å². The van der Waals surface area contributed by atoms with E-state index in [1.807, 2.05) is 49.6 Å². The van der Waals surface area contributed by atoms with Crippen LogP contribution in [0.2, 0.25) is 0 Å². The van der Waals surface area contributed by atoms with Crippen molar-refractivity contribution in [3.63, 3.8) is 0 Å². The summed E-state index contributed by atoms with van der Waals surface area (Å²) in [4.78, 5) is 19.3. The van der Waals surface area contributed by atoms with E-state index in [9.17, 15) is 4.79 Å². The fourth-order valence-electron chi connectivity index (χ4n) is 2.15. The Bertz CT molecular complexity index is 806. The molecule has 0 aliphatic rings. The Balaban J connectivity index is 1.93. The molecule has 2 N–H and O–H groups in total. The molecule has 0 radical (unpaired) electrons. The minimum absolute atomic E-state index is 0.0607. The third-order valence-electron chi connectivity index (χ3n) is 3.13. The Labute approximate surface area is 120 Å². The number of rotatable bonds is 3. The molecule has 1 aromatic carbocycles. The standard InChI is InChI=1S/C15H15N3OS/c1-9-8-20-15(16-9)10(2)17-13-7-11-5-3-4-6-12(11)14(19)18-13/h3-8,10H,1-2H3,(H2,17,18,19). The molecule has 1 atom stereocenters. The Morgan fingerprint density at radius 2 is 2.15 bits per heavy atom. The predicted molar refractivity (Wildman–Crippen MR) is 83.5 cm³/mol. The van der Waals surface area contributed by atoms with Crippen LogP contribution >= 0.6 is 11.3 Å². The molecule has 0 bridgehead atoms. The fourth-order valence-corrected chi connectivity index (χ4v) is 2.96. The molecule has 2 heterocycles. The summed E-state index contributed by atoms with van der Waals surface area (Å²) in [5, 5.41) is 7.97. The second-order valence-corrected chi connectivity index (χ2v) is 5.68. The molecular formula is C15H15N3OS. The zero-order valence-electron chi connectivity index (χ0n) is 11.3.